The normalized spacial score (nSPS) is 13.2. The topological polar surface area (TPSA) is 126 Å². The lowest BCUT2D eigenvalue weighted by atomic mass is 10.1. The van der Waals surface area contributed by atoms with E-state index in [2.05, 4.69) is 20.5 Å². The molecule has 10 heteroatoms. The smallest absolute Gasteiger partial charge is 0.303 e. The van der Waals surface area contributed by atoms with Crippen LogP contribution in [-0.2, 0) is 16.0 Å². The molecule has 1 aromatic heterocycles. The minimum Gasteiger partial charge on any atom is -0.490 e. The van der Waals surface area contributed by atoms with E-state index >= 15 is 0 Å². The summed E-state index contributed by atoms with van der Waals surface area (Å²) in [4.78, 5) is 30.7. The highest BCUT2D eigenvalue weighted by Gasteiger charge is 2.14. The van der Waals surface area contributed by atoms with Crippen LogP contribution in [0.1, 0.15) is 37.7 Å². The Bertz CT molecular complexity index is 1480. The molecule has 1 saturated heterocycles. The molecular weight excluding hydrogens is 536 g/mol. The fourth-order valence-corrected chi connectivity index (χ4v) is 4.87. The molecule has 0 saturated carbocycles. The Kier molecular flexibility index (Phi) is 9.90. The van der Waals surface area contributed by atoms with Crippen molar-refractivity contribution in [3.05, 3.63) is 72.3 Å². The molecule has 4 aromatic rings. The van der Waals surface area contributed by atoms with Crippen molar-refractivity contribution in [2.24, 2.45) is 0 Å². The van der Waals surface area contributed by atoms with Crippen LogP contribution in [0.5, 0.6) is 11.5 Å². The van der Waals surface area contributed by atoms with Crippen LogP contribution < -0.4 is 20.1 Å². The van der Waals surface area contributed by atoms with Crippen molar-refractivity contribution in [1.82, 2.24) is 9.88 Å². The van der Waals surface area contributed by atoms with E-state index in [1.54, 1.807) is 18.2 Å². The number of benzene rings is 3. The van der Waals surface area contributed by atoms with Crippen LogP contribution >= 0.6 is 0 Å². The number of fused-ring (bicyclic) bond motifs is 1. The summed E-state index contributed by atoms with van der Waals surface area (Å²) in [5.74, 6) is -0.0286. The van der Waals surface area contributed by atoms with Gasteiger partial charge in [-0.05, 0) is 80.7 Å². The third-order valence-electron chi connectivity index (χ3n) is 6.94. The maximum Gasteiger partial charge on any atom is 0.303 e. The van der Waals surface area contributed by atoms with E-state index in [-0.39, 0.29) is 25.4 Å². The fourth-order valence-electron chi connectivity index (χ4n) is 4.87. The number of hydrogen-bond donors (Lipinski definition) is 3. The van der Waals surface area contributed by atoms with E-state index in [1.165, 1.54) is 12.8 Å². The van der Waals surface area contributed by atoms with Gasteiger partial charge < -0.3 is 34.5 Å². The minimum absolute atomic E-state index is 0.0157. The van der Waals surface area contributed by atoms with Crippen molar-refractivity contribution in [3.63, 3.8) is 0 Å². The van der Waals surface area contributed by atoms with Gasteiger partial charge >= 0.3 is 5.97 Å². The summed E-state index contributed by atoms with van der Waals surface area (Å²) < 4.78 is 17.7. The number of aliphatic carboxylic acids is 1. The second-order valence-corrected chi connectivity index (χ2v) is 10.3. The molecule has 220 valence electrons. The number of para-hydroxylation sites is 1. The van der Waals surface area contributed by atoms with E-state index in [4.69, 9.17) is 19.0 Å². The summed E-state index contributed by atoms with van der Waals surface area (Å²) in [7, 11) is 0. The van der Waals surface area contributed by atoms with Gasteiger partial charge in [-0.15, -0.1) is 0 Å². The number of oxazole rings is 1. The molecule has 0 radical (unpaired) electrons. The van der Waals surface area contributed by atoms with Gasteiger partial charge in [0.25, 0.3) is 6.01 Å². The number of aromatic nitrogens is 1. The Morgan fingerprint density at radius 1 is 0.905 bits per heavy atom. The third-order valence-corrected chi connectivity index (χ3v) is 6.94. The molecule has 1 fully saturated rings. The second-order valence-electron chi connectivity index (χ2n) is 10.3. The lowest BCUT2D eigenvalue weighted by Gasteiger charge is -2.17. The third kappa shape index (κ3) is 8.47. The van der Waals surface area contributed by atoms with Gasteiger partial charge in [0, 0.05) is 30.4 Å². The van der Waals surface area contributed by atoms with Crippen molar-refractivity contribution in [1.29, 1.82) is 0 Å². The van der Waals surface area contributed by atoms with E-state index in [0.29, 0.717) is 47.3 Å². The van der Waals surface area contributed by atoms with E-state index in [0.717, 1.165) is 37.3 Å². The molecule has 1 aliphatic rings. The highest BCUT2D eigenvalue weighted by atomic mass is 16.5. The van der Waals surface area contributed by atoms with Gasteiger partial charge in [-0.1, -0.05) is 24.3 Å². The van der Waals surface area contributed by atoms with Gasteiger partial charge in [0.2, 0.25) is 5.91 Å². The van der Waals surface area contributed by atoms with E-state index in [9.17, 15) is 9.59 Å². The zero-order valence-electron chi connectivity index (χ0n) is 23.5. The first-order chi connectivity index (χ1) is 20.5. The van der Waals surface area contributed by atoms with Crippen LogP contribution in [0.2, 0.25) is 0 Å². The standard InChI is InChI=1S/C32H36N4O6/c37-30(21-23-11-13-26-28(20-23)42-32(35-26)34-24-8-2-1-3-9-24)33-25-12-14-27(29(22-25)41-18-6-10-31(38)39)40-19-7-17-36-15-4-5-16-36/h1-3,8-9,11-14,20,22H,4-7,10,15-19,21H2,(H,33,37)(H,34,35)(H,38,39). The fraction of sp³-hybridized carbons (Fsp3) is 0.344. The molecule has 0 aliphatic carbocycles. The monoisotopic (exact) mass is 572 g/mol. The maximum absolute atomic E-state index is 12.9. The molecule has 0 atom stereocenters. The summed E-state index contributed by atoms with van der Waals surface area (Å²) in [6.07, 6.45) is 3.93. The van der Waals surface area contributed by atoms with Gasteiger partial charge in [0.05, 0.1) is 19.6 Å². The molecule has 10 nitrogen and oxygen atoms in total. The Balaban J connectivity index is 1.19. The number of carboxylic acids is 1. The lowest BCUT2D eigenvalue weighted by Crippen LogP contribution is -2.22. The van der Waals surface area contributed by atoms with Crippen LogP contribution in [0, 0.1) is 0 Å². The number of ether oxygens (including phenoxy) is 2. The number of anilines is 3. The lowest BCUT2D eigenvalue weighted by molar-refractivity contribution is -0.137. The van der Waals surface area contributed by atoms with Crippen LogP contribution in [0.15, 0.2) is 71.1 Å². The molecule has 0 spiro atoms. The maximum atomic E-state index is 12.9. The SMILES string of the molecule is O=C(O)CCCOc1cc(NC(=O)Cc2ccc3nc(Nc4ccccc4)oc3c2)ccc1OCCCN1CCCC1. The van der Waals surface area contributed by atoms with Crippen LogP contribution in [0.25, 0.3) is 11.1 Å². The van der Waals surface area contributed by atoms with Crippen molar-refractivity contribution in [3.8, 4) is 11.5 Å². The predicted molar refractivity (Wildman–Crippen MR) is 161 cm³/mol. The van der Waals surface area contributed by atoms with E-state index in [1.807, 2.05) is 48.5 Å². The Morgan fingerprint density at radius 3 is 2.50 bits per heavy atom. The summed E-state index contributed by atoms with van der Waals surface area (Å²) in [5, 5.41) is 15.0. The van der Waals surface area contributed by atoms with Gasteiger partial charge in [-0.25, -0.2) is 0 Å². The molecule has 1 aliphatic heterocycles. The Hall–Kier alpha value is -4.57. The molecule has 0 unspecified atom stereocenters. The largest absolute Gasteiger partial charge is 0.490 e. The first-order valence-electron chi connectivity index (χ1n) is 14.4. The summed E-state index contributed by atoms with van der Waals surface area (Å²) in [6.45, 7) is 4.05. The molecular formula is C32H36N4O6. The van der Waals surface area contributed by atoms with Crippen LogP contribution in [0.3, 0.4) is 0 Å². The number of likely N-dealkylation sites (tertiary alicyclic amines) is 1. The molecule has 2 heterocycles. The number of carbonyl (C=O) groups excluding carboxylic acids is 1. The average molecular weight is 573 g/mol. The van der Waals surface area contributed by atoms with Crippen LogP contribution in [0.4, 0.5) is 17.4 Å². The molecule has 3 aromatic carbocycles. The highest BCUT2D eigenvalue weighted by Crippen LogP contribution is 2.31. The minimum atomic E-state index is -0.870. The van der Waals surface area contributed by atoms with Gasteiger partial charge in [0.15, 0.2) is 17.1 Å². The molecule has 42 heavy (non-hydrogen) atoms. The molecule has 1 amide bonds. The van der Waals surface area contributed by atoms with E-state index < -0.39 is 5.97 Å². The number of rotatable bonds is 15. The number of hydrogen-bond acceptors (Lipinski definition) is 8. The second kappa shape index (κ2) is 14.4. The first kappa shape index (κ1) is 28.9. The number of nitrogens with zero attached hydrogens (tertiary/aromatic N) is 2. The van der Waals surface area contributed by atoms with Crippen LogP contribution in [-0.4, -0.2) is 59.7 Å². The average Bonchev–Trinajstić information content (AvgIpc) is 3.64. The first-order valence-corrected chi connectivity index (χ1v) is 14.4. The molecule has 3 N–H and O–H groups in total. The Morgan fingerprint density at radius 2 is 1.69 bits per heavy atom. The summed E-state index contributed by atoms with van der Waals surface area (Å²) in [5.41, 5.74) is 3.49. The van der Waals surface area contributed by atoms with Crippen molar-refractivity contribution in [2.45, 2.75) is 38.5 Å². The zero-order chi connectivity index (χ0) is 29.1. The summed E-state index contributed by atoms with van der Waals surface area (Å²) >= 11 is 0. The zero-order valence-corrected chi connectivity index (χ0v) is 23.5. The molecule has 0 bridgehead atoms. The van der Waals surface area contributed by atoms with Gasteiger partial charge in [0.1, 0.15) is 5.52 Å². The van der Waals surface area contributed by atoms with Gasteiger partial charge in [-0.2, -0.15) is 4.98 Å². The predicted octanol–water partition coefficient (Wildman–Crippen LogP) is 5.86. The quantitative estimate of drug-likeness (QED) is 0.150. The molecule has 5 rings (SSSR count). The highest BCUT2D eigenvalue weighted by molar-refractivity contribution is 5.93. The Labute approximate surface area is 244 Å². The number of carbonyl (C=O) groups is 2. The van der Waals surface area contributed by atoms with Gasteiger partial charge in [-0.3, -0.25) is 9.59 Å². The summed E-state index contributed by atoms with van der Waals surface area (Å²) in [6, 6.07) is 20.8. The number of nitrogens with one attached hydrogen (secondary N) is 2. The number of carboxylic acid groups (broad SMARTS) is 1. The van der Waals surface area contributed by atoms with Crippen molar-refractivity contribution >= 4 is 40.4 Å². The van der Waals surface area contributed by atoms with Crippen molar-refractivity contribution in [2.75, 3.05) is 43.5 Å². The van der Waals surface area contributed by atoms with Crippen molar-refractivity contribution < 1.29 is 28.6 Å². The number of amides is 1.